The molecule has 1 aromatic rings. The van der Waals surface area contributed by atoms with E-state index in [1.54, 1.807) is 14.2 Å². The number of β-amino-alcohol motifs (C(OH)–C–C–N with tert-alkyl or cyclic N) is 1. The highest BCUT2D eigenvalue weighted by atomic mass is 35.5. The van der Waals surface area contributed by atoms with Crippen LogP contribution in [0.2, 0.25) is 0 Å². The summed E-state index contributed by atoms with van der Waals surface area (Å²) in [6.07, 6.45) is 6.73. The van der Waals surface area contributed by atoms with Crippen molar-refractivity contribution in [3.8, 4) is 11.5 Å². The van der Waals surface area contributed by atoms with E-state index in [1.807, 2.05) is 12.1 Å². The van der Waals surface area contributed by atoms with Crippen LogP contribution in [0.1, 0.15) is 37.7 Å². The predicted molar refractivity (Wildman–Crippen MR) is 105 cm³/mol. The monoisotopic (exact) mass is 385 g/mol. The predicted octanol–water partition coefficient (Wildman–Crippen LogP) is 3.06. The van der Waals surface area contributed by atoms with E-state index in [1.165, 1.54) is 24.8 Å². The molecule has 2 fully saturated rings. The zero-order valence-corrected chi connectivity index (χ0v) is 16.7. The van der Waals surface area contributed by atoms with Gasteiger partial charge in [-0.2, -0.15) is 0 Å². The number of likely N-dealkylation sites (tertiary alicyclic amines) is 1. The minimum atomic E-state index is -0.158. The van der Waals surface area contributed by atoms with Gasteiger partial charge < -0.3 is 19.3 Å². The van der Waals surface area contributed by atoms with Gasteiger partial charge in [0.25, 0.3) is 0 Å². The molecular formula is C20H32ClNO4. The van der Waals surface area contributed by atoms with Crippen LogP contribution in [0.25, 0.3) is 0 Å². The molecule has 1 aliphatic carbocycles. The zero-order chi connectivity index (χ0) is 17.6. The van der Waals surface area contributed by atoms with Gasteiger partial charge in [-0.25, -0.2) is 0 Å². The van der Waals surface area contributed by atoms with Crippen molar-refractivity contribution in [2.24, 2.45) is 0 Å². The molecule has 148 valence electrons. The topological polar surface area (TPSA) is 51.2 Å². The van der Waals surface area contributed by atoms with Crippen LogP contribution in [-0.4, -0.2) is 62.2 Å². The molecule has 5 nitrogen and oxygen atoms in total. The van der Waals surface area contributed by atoms with Gasteiger partial charge in [0.1, 0.15) is 0 Å². The second-order valence-corrected chi connectivity index (χ2v) is 7.14. The molecule has 3 atom stereocenters. The van der Waals surface area contributed by atoms with Crippen molar-refractivity contribution in [3.05, 3.63) is 23.8 Å². The zero-order valence-electron chi connectivity index (χ0n) is 15.9. The highest BCUT2D eigenvalue weighted by molar-refractivity contribution is 5.85. The number of rotatable bonds is 7. The number of hydrogen-bond donors (Lipinski definition) is 1. The van der Waals surface area contributed by atoms with Crippen LogP contribution >= 0.6 is 12.4 Å². The third-order valence-electron chi connectivity index (χ3n) is 5.50. The molecule has 0 radical (unpaired) electrons. The maximum Gasteiger partial charge on any atom is 0.160 e. The number of hydrogen-bond acceptors (Lipinski definition) is 5. The van der Waals surface area contributed by atoms with Gasteiger partial charge in [-0.3, -0.25) is 4.90 Å². The third kappa shape index (κ3) is 5.26. The van der Waals surface area contributed by atoms with E-state index in [4.69, 9.17) is 14.2 Å². The van der Waals surface area contributed by atoms with Gasteiger partial charge in [-0.15, -0.1) is 12.4 Å². The molecule has 1 N–H and O–H groups in total. The molecule has 1 aromatic carbocycles. The van der Waals surface area contributed by atoms with Gasteiger partial charge in [0, 0.05) is 19.1 Å². The van der Waals surface area contributed by atoms with Gasteiger partial charge >= 0.3 is 0 Å². The molecular weight excluding hydrogens is 354 g/mol. The molecule has 0 aromatic heterocycles. The summed E-state index contributed by atoms with van der Waals surface area (Å²) in [7, 11) is 3.31. The lowest BCUT2D eigenvalue weighted by Crippen LogP contribution is -2.46. The van der Waals surface area contributed by atoms with Crippen molar-refractivity contribution >= 4 is 12.4 Å². The van der Waals surface area contributed by atoms with Crippen LogP contribution in [0.5, 0.6) is 11.5 Å². The Bertz CT molecular complexity index is 557. The SMILES string of the molecule is COc1ccc(CCO[C@H]2CCCC[C@H]2N2CC[C@@H](O)C2)cc1OC.Cl. The molecule has 0 bridgehead atoms. The van der Waals surface area contributed by atoms with Crippen LogP contribution in [0.4, 0.5) is 0 Å². The summed E-state index contributed by atoms with van der Waals surface area (Å²) < 4.78 is 16.9. The Morgan fingerprint density at radius 3 is 2.54 bits per heavy atom. The summed E-state index contributed by atoms with van der Waals surface area (Å²) in [6.45, 7) is 2.52. The van der Waals surface area contributed by atoms with Crippen LogP contribution < -0.4 is 9.47 Å². The minimum absolute atomic E-state index is 0. The molecule has 0 spiro atoms. The molecule has 3 rings (SSSR count). The minimum Gasteiger partial charge on any atom is -0.493 e. The molecule has 2 aliphatic rings. The Hall–Kier alpha value is -1.01. The van der Waals surface area contributed by atoms with Gasteiger partial charge in [-0.05, 0) is 43.4 Å². The quantitative estimate of drug-likeness (QED) is 0.781. The summed E-state index contributed by atoms with van der Waals surface area (Å²) in [6, 6.07) is 6.51. The Kier molecular flexibility index (Phi) is 8.48. The van der Waals surface area contributed by atoms with Crippen LogP contribution in [0.15, 0.2) is 18.2 Å². The van der Waals surface area contributed by atoms with Gasteiger partial charge in [0.05, 0.1) is 33.0 Å². The van der Waals surface area contributed by atoms with E-state index in [0.717, 1.165) is 43.9 Å². The molecule has 1 saturated heterocycles. The maximum atomic E-state index is 9.83. The number of aliphatic hydroxyl groups excluding tert-OH is 1. The first-order valence-electron chi connectivity index (χ1n) is 9.46. The Labute approximate surface area is 163 Å². The summed E-state index contributed by atoms with van der Waals surface area (Å²) in [4.78, 5) is 2.44. The Balaban J connectivity index is 0.00000243. The summed E-state index contributed by atoms with van der Waals surface area (Å²) >= 11 is 0. The molecule has 0 amide bonds. The van der Waals surface area contributed by atoms with Crippen molar-refractivity contribution in [1.29, 1.82) is 0 Å². The summed E-state index contributed by atoms with van der Waals surface area (Å²) in [5.41, 5.74) is 1.20. The van der Waals surface area contributed by atoms with E-state index < -0.39 is 0 Å². The Morgan fingerprint density at radius 1 is 1.08 bits per heavy atom. The average Bonchev–Trinajstić information content (AvgIpc) is 3.08. The lowest BCUT2D eigenvalue weighted by molar-refractivity contribution is -0.0316. The Morgan fingerprint density at radius 2 is 1.85 bits per heavy atom. The standard InChI is InChI=1S/C20H31NO4.ClH/c1-23-19-8-7-15(13-20(19)24-2)10-12-25-18-6-4-3-5-17(18)21-11-9-16(22)14-21;/h7-8,13,16-18,22H,3-6,9-12,14H2,1-2H3;1H/t16-,17-,18+;/m1./s1. The second-order valence-electron chi connectivity index (χ2n) is 7.14. The fourth-order valence-electron chi connectivity index (χ4n) is 4.12. The highest BCUT2D eigenvalue weighted by Gasteiger charge is 2.34. The van der Waals surface area contributed by atoms with E-state index in [9.17, 15) is 5.11 Å². The number of nitrogens with zero attached hydrogens (tertiary/aromatic N) is 1. The average molecular weight is 386 g/mol. The lowest BCUT2D eigenvalue weighted by Gasteiger charge is -2.37. The summed E-state index contributed by atoms with van der Waals surface area (Å²) in [5, 5.41) is 9.83. The fraction of sp³-hybridized carbons (Fsp3) is 0.700. The maximum absolute atomic E-state index is 9.83. The third-order valence-corrected chi connectivity index (χ3v) is 5.50. The van der Waals surface area contributed by atoms with Crippen LogP contribution in [0.3, 0.4) is 0 Å². The first-order valence-corrected chi connectivity index (χ1v) is 9.46. The van der Waals surface area contributed by atoms with Crippen LogP contribution in [-0.2, 0) is 11.2 Å². The van der Waals surface area contributed by atoms with Crippen molar-refractivity contribution in [1.82, 2.24) is 4.90 Å². The van der Waals surface area contributed by atoms with E-state index in [2.05, 4.69) is 11.0 Å². The molecule has 1 saturated carbocycles. The number of benzene rings is 1. The van der Waals surface area contributed by atoms with Gasteiger partial charge in [0.15, 0.2) is 11.5 Å². The van der Waals surface area contributed by atoms with Crippen molar-refractivity contribution in [3.63, 3.8) is 0 Å². The number of aliphatic hydroxyl groups is 1. The highest BCUT2D eigenvalue weighted by Crippen LogP contribution is 2.30. The van der Waals surface area contributed by atoms with E-state index >= 15 is 0 Å². The normalized spacial score (nSPS) is 26.3. The number of ether oxygens (including phenoxy) is 3. The fourth-order valence-corrected chi connectivity index (χ4v) is 4.12. The van der Waals surface area contributed by atoms with Crippen molar-refractivity contribution < 1.29 is 19.3 Å². The number of methoxy groups -OCH3 is 2. The largest absolute Gasteiger partial charge is 0.493 e. The molecule has 6 heteroatoms. The molecule has 26 heavy (non-hydrogen) atoms. The first kappa shape index (κ1) is 21.3. The molecule has 0 unspecified atom stereocenters. The van der Waals surface area contributed by atoms with Crippen molar-refractivity contribution in [2.45, 2.75) is 56.8 Å². The van der Waals surface area contributed by atoms with Gasteiger partial charge in [0.2, 0.25) is 0 Å². The first-order chi connectivity index (χ1) is 12.2. The smallest absolute Gasteiger partial charge is 0.160 e. The van der Waals surface area contributed by atoms with Gasteiger partial charge in [-0.1, -0.05) is 18.9 Å². The molecule has 1 aliphatic heterocycles. The van der Waals surface area contributed by atoms with E-state index in [-0.39, 0.29) is 18.5 Å². The van der Waals surface area contributed by atoms with E-state index in [0.29, 0.717) is 18.8 Å². The van der Waals surface area contributed by atoms with Crippen LogP contribution in [0, 0.1) is 0 Å². The molecule has 1 heterocycles. The lowest BCUT2D eigenvalue weighted by atomic mass is 9.91. The second kappa shape index (κ2) is 10.4. The summed E-state index contributed by atoms with van der Waals surface area (Å²) in [5.74, 6) is 1.52. The van der Waals surface area contributed by atoms with Crippen molar-refractivity contribution in [2.75, 3.05) is 33.9 Å². The number of halogens is 1.